The highest BCUT2D eigenvalue weighted by molar-refractivity contribution is 7.89. The molecule has 1 N–H and O–H groups in total. The van der Waals surface area contributed by atoms with Gasteiger partial charge in [-0.15, -0.1) is 0 Å². The Morgan fingerprint density at radius 2 is 1.86 bits per heavy atom. The van der Waals surface area contributed by atoms with Crippen LogP contribution in [0.25, 0.3) is 0 Å². The third kappa shape index (κ3) is 3.64. The zero-order valence-corrected chi connectivity index (χ0v) is 16.7. The number of fused-ring (bicyclic) bond motifs is 1. The molecule has 1 saturated heterocycles. The van der Waals surface area contributed by atoms with Gasteiger partial charge in [-0.2, -0.15) is 4.31 Å². The molecule has 2 aromatic rings. The monoisotopic (exact) mass is 400 g/mol. The molecule has 0 spiro atoms. The van der Waals surface area contributed by atoms with E-state index >= 15 is 0 Å². The van der Waals surface area contributed by atoms with Crippen molar-refractivity contribution >= 4 is 21.6 Å². The molecule has 1 fully saturated rings. The van der Waals surface area contributed by atoms with Gasteiger partial charge < -0.3 is 10.1 Å². The minimum absolute atomic E-state index is 0.253. The van der Waals surface area contributed by atoms with E-state index < -0.39 is 16.1 Å². The molecule has 0 aromatic heterocycles. The molecule has 4 rings (SSSR count). The van der Waals surface area contributed by atoms with Gasteiger partial charge in [0.05, 0.1) is 4.90 Å². The minimum Gasteiger partial charge on any atom is -0.480 e. The Hall–Kier alpha value is -2.38. The van der Waals surface area contributed by atoms with Crippen LogP contribution in [-0.2, 0) is 21.2 Å². The second-order valence-corrected chi connectivity index (χ2v) is 9.26. The molecule has 148 valence electrons. The SMILES string of the molecule is Cc1ccc(NC(=O)C2Cc3ccccc3O2)cc1S(=O)(=O)N1CCCCC1. The lowest BCUT2D eigenvalue weighted by Gasteiger charge is -2.26. The lowest BCUT2D eigenvalue weighted by molar-refractivity contribution is -0.122. The van der Waals surface area contributed by atoms with E-state index in [9.17, 15) is 13.2 Å². The van der Waals surface area contributed by atoms with E-state index in [4.69, 9.17) is 4.74 Å². The molecule has 2 aliphatic rings. The first-order valence-electron chi connectivity index (χ1n) is 9.61. The summed E-state index contributed by atoms with van der Waals surface area (Å²) in [6.45, 7) is 2.87. The number of piperidine rings is 1. The molecule has 1 unspecified atom stereocenters. The topological polar surface area (TPSA) is 75.7 Å². The van der Waals surface area contributed by atoms with Crippen molar-refractivity contribution in [3.8, 4) is 5.75 Å². The highest BCUT2D eigenvalue weighted by Crippen LogP contribution is 2.30. The summed E-state index contributed by atoms with van der Waals surface area (Å²) in [6, 6.07) is 12.6. The Kier molecular flexibility index (Phi) is 5.12. The maximum atomic E-state index is 13.0. The molecule has 0 radical (unpaired) electrons. The number of hydrogen-bond donors (Lipinski definition) is 1. The summed E-state index contributed by atoms with van der Waals surface area (Å²) in [6.07, 6.45) is 2.72. The molecule has 2 aromatic carbocycles. The number of hydrogen-bond acceptors (Lipinski definition) is 4. The van der Waals surface area contributed by atoms with Crippen LogP contribution in [0, 0.1) is 6.92 Å². The first kappa shape index (κ1) is 19.0. The number of anilines is 1. The quantitative estimate of drug-likeness (QED) is 0.856. The number of carbonyl (C=O) groups excluding carboxylic acids is 1. The van der Waals surface area contributed by atoms with Gasteiger partial charge in [-0.1, -0.05) is 30.7 Å². The molecular weight excluding hydrogens is 376 g/mol. The highest BCUT2D eigenvalue weighted by atomic mass is 32.2. The van der Waals surface area contributed by atoms with Crippen LogP contribution in [0.5, 0.6) is 5.75 Å². The van der Waals surface area contributed by atoms with Crippen LogP contribution in [0.1, 0.15) is 30.4 Å². The number of amides is 1. The number of nitrogens with one attached hydrogen (secondary N) is 1. The molecule has 0 aliphatic carbocycles. The van der Waals surface area contributed by atoms with Crippen LogP contribution in [0.3, 0.4) is 0 Å². The van der Waals surface area contributed by atoms with Gasteiger partial charge >= 0.3 is 0 Å². The van der Waals surface area contributed by atoms with E-state index in [0.29, 0.717) is 30.8 Å². The summed E-state index contributed by atoms with van der Waals surface area (Å²) >= 11 is 0. The van der Waals surface area contributed by atoms with Crippen molar-refractivity contribution in [3.05, 3.63) is 53.6 Å². The first-order chi connectivity index (χ1) is 13.4. The standard InChI is InChI=1S/C21H24N2O4S/c1-15-9-10-17(14-20(15)28(25,26)23-11-5-2-6-12-23)22-21(24)19-13-16-7-3-4-8-18(16)27-19/h3-4,7-10,14,19H,2,5-6,11-13H2,1H3,(H,22,24). The molecular formula is C21H24N2O4S. The van der Waals surface area contributed by atoms with Gasteiger partial charge in [-0.25, -0.2) is 8.42 Å². The molecule has 1 amide bonds. The Balaban J connectivity index is 1.52. The molecule has 7 heteroatoms. The number of carbonyl (C=O) groups is 1. The van der Waals surface area contributed by atoms with Crippen LogP contribution in [-0.4, -0.2) is 37.8 Å². The summed E-state index contributed by atoms with van der Waals surface area (Å²) in [4.78, 5) is 12.9. The van der Waals surface area contributed by atoms with Gasteiger partial charge in [0.1, 0.15) is 5.75 Å². The first-order valence-corrected chi connectivity index (χ1v) is 11.1. The third-order valence-electron chi connectivity index (χ3n) is 5.33. The number of ether oxygens (including phenoxy) is 1. The summed E-state index contributed by atoms with van der Waals surface area (Å²) in [5, 5.41) is 2.81. The van der Waals surface area contributed by atoms with E-state index in [2.05, 4.69) is 5.32 Å². The van der Waals surface area contributed by atoms with E-state index in [-0.39, 0.29) is 10.8 Å². The lowest BCUT2D eigenvalue weighted by atomic mass is 10.1. The van der Waals surface area contributed by atoms with Gasteiger partial charge in [-0.05, 0) is 49.1 Å². The summed E-state index contributed by atoms with van der Waals surface area (Å²) in [7, 11) is -3.56. The number of rotatable bonds is 4. The van der Waals surface area contributed by atoms with Crippen LogP contribution >= 0.6 is 0 Å². The molecule has 0 saturated carbocycles. The average Bonchev–Trinajstić information content (AvgIpc) is 3.14. The number of benzene rings is 2. The van der Waals surface area contributed by atoms with Crippen LogP contribution < -0.4 is 10.1 Å². The lowest BCUT2D eigenvalue weighted by Crippen LogP contribution is -2.36. The van der Waals surface area contributed by atoms with Crippen LogP contribution in [0.4, 0.5) is 5.69 Å². The normalized spacial score (nSPS) is 19.7. The van der Waals surface area contributed by atoms with E-state index in [1.165, 1.54) is 0 Å². The van der Waals surface area contributed by atoms with Gasteiger partial charge in [0, 0.05) is 25.2 Å². The van der Waals surface area contributed by atoms with Crippen molar-refractivity contribution < 1.29 is 17.9 Å². The van der Waals surface area contributed by atoms with E-state index in [1.54, 1.807) is 29.4 Å². The van der Waals surface area contributed by atoms with Crippen LogP contribution in [0.2, 0.25) is 0 Å². The largest absolute Gasteiger partial charge is 0.480 e. The van der Waals surface area contributed by atoms with Crippen molar-refractivity contribution in [2.45, 2.75) is 43.6 Å². The Bertz CT molecular complexity index is 972. The summed E-state index contributed by atoms with van der Waals surface area (Å²) in [5.74, 6) is 0.446. The van der Waals surface area contributed by atoms with Crippen molar-refractivity contribution in [1.29, 1.82) is 0 Å². The maximum Gasteiger partial charge on any atom is 0.265 e. The maximum absolute atomic E-state index is 13.0. The Morgan fingerprint density at radius 1 is 1.11 bits per heavy atom. The predicted octanol–water partition coefficient (Wildman–Crippen LogP) is 3.11. The summed E-state index contributed by atoms with van der Waals surface area (Å²) in [5.41, 5.74) is 2.14. The van der Waals surface area contributed by atoms with Crippen molar-refractivity contribution in [3.63, 3.8) is 0 Å². The molecule has 2 heterocycles. The molecule has 0 bridgehead atoms. The summed E-state index contributed by atoms with van der Waals surface area (Å²) < 4.78 is 33.3. The highest BCUT2D eigenvalue weighted by Gasteiger charge is 2.30. The smallest absolute Gasteiger partial charge is 0.265 e. The number of sulfonamides is 1. The average molecular weight is 401 g/mol. The van der Waals surface area contributed by atoms with Crippen molar-refractivity contribution in [2.75, 3.05) is 18.4 Å². The van der Waals surface area contributed by atoms with Gasteiger partial charge in [0.25, 0.3) is 5.91 Å². The Labute approximate surface area is 165 Å². The predicted molar refractivity (Wildman–Crippen MR) is 107 cm³/mol. The fourth-order valence-corrected chi connectivity index (χ4v) is 5.52. The fraction of sp³-hybridized carbons (Fsp3) is 0.381. The minimum atomic E-state index is -3.56. The molecule has 2 aliphatic heterocycles. The molecule has 1 atom stereocenters. The number of nitrogens with zero attached hydrogens (tertiary/aromatic N) is 1. The molecule has 6 nitrogen and oxygen atoms in total. The second-order valence-electron chi connectivity index (χ2n) is 7.35. The van der Waals surface area contributed by atoms with Crippen molar-refractivity contribution in [1.82, 2.24) is 4.31 Å². The van der Waals surface area contributed by atoms with Crippen LogP contribution in [0.15, 0.2) is 47.4 Å². The Morgan fingerprint density at radius 3 is 2.61 bits per heavy atom. The van der Waals surface area contributed by atoms with Crippen molar-refractivity contribution in [2.24, 2.45) is 0 Å². The van der Waals surface area contributed by atoms with E-state index in [0.717, 1.165) is 30.6 Å². The second kappa shape index (κ2) is 7.56. The third-order valence-corrected chi connectivity index (χ3v) is 7.37. The van der Waals surface area contributed by atoms with Gasteiger partial charge in [0.2, 0.25) is 10.0 Å². The van der Waals surface area contributed by atoms with Gasteiger partial charge in [-0.3, -0.25) is 4.79 Å². The fourth-order valence-electron chi connectivity index (χ4n) is 3.75. The zero-order valence-electron chi connectivity index (χ0n) is 15.8. The molecule has 28 heavy (non-hydrogen) atoms. The zero-order chi connectivity index (χ0) is 19.7. The number of para-hydroxylation sites is 1. The number of aryl methyl sites for hydroxylation is 1. The van der Waals surface area contributed by atoms with Gasteiger partial charge in [0.15, 0.2) is 6.10 Å². The van der Waals surface area contributed by atoms with E-state index in [1.807, 2.05) is 24.3 Å².